The van der Waals surface area contributed by atoms with Gasteiger partial charge in [-0.05, 0) is 27.6 Å². The summed E-state index contributed by atoms with van der Waals surface area (Å²) >= 11 is 3.15. The average Bonchev–Trinajstić information content (AvgIpc) is 2.07. The van der Waals surface area contributed by atoms with Gasteiger partial charge in [-0.25, -0.2) is 0 Å². The van der Waals surface area contributed by atoms with Crippen LogP contribution in [0.25, 0.3) is 0 Å². The molecule has 3 N–H and O–H groups in total. The summed E-state index contributed by atoms with van der Waals surface area (Å²) in [6.45, 7) is 0. The van der Waals surface area contributed by atoms with E-state index in [1.54, 1.807) is 12.1 Å². The van der Waals surface area contributed by atoms with Crippen LogP contribution in [0, 0.1) is 11.3 Å². The Labute approximate surface area is 78.6 Å². The zero-order valence-corrected chi connectivity index (χ0v) is 7.80. The highest BCUT2D eigenvalue weighted by atomic mass is 79.9. The summed E-state index contributed by atoms with van der Waals surface area (Å²) in [5.41, 5.74) is 6.47. The fraction of sp³-hybridized carbons (Fsp3) is 0.125. The third-order valence-electron chi connectivity index (χ3n) is 1.50. The highest BCUT2D eigenvalue weighted by Crippen LogP contribution is 2.33. The Morgan fingerprint density at radius 2 is 2.25 bits per heavy atom. The minimum Gasteiger partial charge on any atom is -0.505 e. The number of aromatic hydroxyl groups is 1. The number of benzene rings is 1. The number of hydrogen-bond donors (Lipinski definition) is 2. The fourth-order valence-corrected chi connectivity index (χ4v) is 1.34. The van der Waals surface area contributed by atoms with Crippen molar-refractivity contribution in [2.24, 2.45) is 0 Å². The molecule has 0 amide bonds. The van der Waals surface area contributed by atoms with Crippen molar-refractivity contribution in [3.05, 3.63) is 22.2 Å². The zero-order chi connectivity index (χ0) is 9.14. The Balaban J connectivity index is 3.19. The fourth-order valence-electron chi connectivity index (χ4n) is 0.843. The number of nitrogen functional groups attached to an aromatic ring is 1. The van der Waals surface area contributed by atoms with Crippen LogP contribution >= 0.6 is 15.9 Å². The Hall–Kier alpha value is -1.21. The van der Waals surface area contributed by atoms with Crippen LogP contribution < -0.4 is 5.73 Å². The van der Waals surface area contributed by atoms with Crippen molar-refractivity contribution in [2.75, 3.05) is 5.73 Å². The van der Waals surface area contributed by atoms with Gasteiger partial charge in [-0.2, -0.15) is 5.26 Å². The molecule has 0 heterocycles. The summed E-state index contributed by atoms with van der Waals surface area (Å²) in [5, 5.41) is 17.8. The van der Waals surface area contributed by atoms with E-state index in [0.717, 1.165) is 5.56 Å². The Kier molecular flexibility index (Phi) is 2.56. The van der Waals surface area contributed by atoms with Crippen LogP contribution in [-0.2, 0) is 6.42 Å². The van der Waals surface area contributed by atoms with Gasteiger partial charge in [-0.15, -0.1) is 0 Å². The van der Waals surface area contributed by atoms with Gasteiger partial charge >= 0.3 is 0 Å². The van der Waals surface area contributed by atoms with Gasteiger partial charge < -0.3 is 10.8 Å². The van der Waals surface area contributed by atoms with E-state index in [-0.39, 0.29) is 12.2 Å². The molecule has 0 fully saturated rings. The molecule has 0 saturated heterocycles. The predicted molar refractivity (Wildman–Crippen MR) is 49.5 cm³/mol. The maximum absolute atomic E-state index is 9.33. The molecule has 0 unspecified atom stereocenters. The van der Waals surface area contributed by atoms with E-state index < -0.39 is 0 Å². The SMILES string of the molecule is N#CCc1ccc(N)c(O)c1Br. The first kappa shape index (κ1) is 8.88. The quantitative estimate of drug-likeness (QED) is 0.567. The normalized spacial score (nSPS) is 9.33. The second kappa shape index (κ2) is 3.46. The molecule has 0 aliphatic carbocycles. The standard InChI is InChI=1S/C8H7BrN2O/c9-7-5(3-4-10)1-2-6(11)8(7)12/h1-2,12H,3,11H2. The molecule has 1 aromatic carbocycles. The van der Waals surface area contributed by atoms with Crippen LogP contribution in [0.3, 0.4) is 0 Å². The Morgan fingerprint density at radius 3 is 2.83 bits per heavy atom. The van der Waals surface area contributed by atoms with Crippen LogP contribution in [0.5, 0.6) is 5.75 Å². The van der Waals surface area contributed by atoms with E-state index >= 15 is 0 Å². The number of phenolic OH excluding ortho intramolecular Hbond substituents is 1. The van der Waals surface area contributed by atoms with Crippen LogP contribution in [0.15, 0.2) is 16.6 Å². The van der Waals surface area contributed by atoms with Crippen molar-refractivity contribution in [3.63, 3.8) is 0 Å². The maximum Gasteiger partial charge on any atom is 0.152 e. The van der Waals surface area contributed by atoms with E-state index in [1.807, 2.05) is 6.07 Å². The number of hydrogen-bond acceptors (Lipinski definition) is 3. The summed E-state index contributed by atoms with van der Waals surface area (Å²) in [4.78, 5) is 0. The molecule has 0 spiro atoms. The summed E-state index contributed by atoms with van der Waals surface area (Å²) in [5.74, 6) is 0.00255. The molecule has 1 aromatic rings. The van der Waals surface area contributed by atoms with Gasteiger partial charge in [0.1, 0.15) is 0 Å². The number of nitriles is 1. The van der Waals surface area contributed by atoms with E-state index in [4.69, 9.17) is 11.0 Å². The molecule has 62 valence electrons. The number of rotatable bonds is 1. The predicted octanol–water partition coefficient (Wildman–Crippen LogP) is 1.80. The molecular weight excluding hydrogens is 220 g/mol. The minimum absolute atomic E-state index is 0.00255. The maximum atomic E-state index is 9.33. The molecule has 4 heteroatoms. The van der Waals surface area contributed by atoms with Crippen molar-refractivity contribution in [1.82, 2.24) is 0 Å². The van der Waals surface area contributed by atoms with Gasteiger partial charge in [0, 0.05) is 0 Å². The topological polar surface area (TPSA) is 70.0 Å². The van der Waals surface area contributed by atoms with Crippen molar-refractivity contribution in [1.29, 1.82) is 5.26 Å². The summed E-state index contributed by atoms with van der Waals surface area (Å²) in [6, 6.07) is 5.28. The first-order chi connectivity index (χ1) is 5.66. The molecule has 0 bridgehead atoms. The van der Waals surface area contributed by atoms with Crippen LogP contribution in [0.4, 0.5) is 5.69 Å². The number of anilines is 1. The van der Waals surface area contributed by atoms with Gasteiger partial charge in [-0.1, -0.05) is 6.07 Å². The van der Waals surface area contributed by atoms with Gasteiger partial charge in [0.05, 0.1) is 22.7 Å². The van der Waals surface area contributed by atoms with Crippen molar-refractivity contribution in [2.45, 2.75) is 6.42 Å². The molecule has 0 atom stereocenters. The molecule has 0 saturated carbocycles. The lowest BCUT2D eigenvalue weighted by atomic mass is 10.1. The third kappa shape index (κ3) is 1.51. The van der Waals surface area contributed by atoms with Crippen molar-refractivity contribution >= 4 is 21.6 Å². The largest absolute Gasteiger partial charge is 0.505 e. The lowest BCUT2D eigenvalue weighted by molar-refractivity contribution is 0.474. The van der Waals surface area contributed by atoms with Gasteiger partial charge in [0.15, 0.2) is 5.75 Å². The lowest BCUT2D eigenvalue weighted by Crippen LogP contribution is -1.90. The summed E-state index contributed by atoms with van der Waals surface area (Å²) in [7, 11) is 0. The lowest BCUT2D eigenvalue weighted by Gasteiger charge is -2.04. The Morgan fingerprint density at radius 1 is 1.58 bits per heavy atom. The van der Waals surface area contributed by atoms with E-state index in [9.17, 15) is 5.11 Å². The number of nitrogens with two attached hydrogens (primary N) is 1. The highest BCUT2D eigenvalue weighted by molar-refractivity contribution is 9.10. The summed E-state index contributed by atoms with van der Waals surface area (Å²) < 4.78 is 0.504. The van der Waals surface area contributed by atoms with Crippen LogP contribution in [0.1, 0.15) is 5.56 Å². The second-order valence-electron chi connectivity index (χ2n) is 2.31. The minimum atomic E-state index is 0.00255. The summed E-state index contributed by atoms with van der Waals surface area (Å²) in [6.07, 6.45) is 0.258. The van der Waals surface area contributed by atoms with Crippen LogP contribution in [-0.4, -0.2) is 5.11 Å². The van der Waals surface area contributed by atoms with Crippen LogP contribution in [0.2, 0.25) is 0 Å². The molecule has 1 rings (SSSR count). The molecule has 12 heavy (non-hydrogen) atoms. The van der Waals surface area contributed by atoms with Gasteiger partial charge in [-0.3, -0.25) is 0 Å². The smallest absolute Gasteiger partial charge is 0.152 e. The molecule has 3 nitrogen and oxygen atoms in total. The van der Waals surface area contributed by atoms with Gasteiger partial charge in [0.2, 0.25) is 0 Å². The first-order valence-corrected chi connectivity index (χ1v) is 4.09. The number of nitrogens with zero attached hydrogens (tertiary/aromatic N) is 1. The second-order valence-corrected chi connectivity index (χ2v) is 3.10. The van der Waals surface area contributed by atoms with Gasteiger partial charge in [0.25, 0.3) is 0 Å². The average molecular weight is 227 g/mol. The molecule has 0 aliphatic heterocycles. The van der Waals surface area contributed by atoms with E-state index in [2.05, 4.69) is 15.9 Å². The molecular formula is C8H7BrN2O. The monoisotopic (exact) mass is 226 g/mol. The van der Waals surface area contributed by atoms with E-state index in [1.165, 1.54) is 0 Å². The zero-order valence-electron chi connectivity index (χ0n) is 6.21. The molecule has 0 radical (unpaired) electrons. The van der Waals surface area contributed by atoms with Crippen molar-refractivity contribution < 1.29 is 5.11 Å². The molecule has 0 aromatic heterocycles. The van der Waals surface area contributed by atoms with E-state index in [0.29, 0.717) is 10.2 Å². The highest BCUT2D eigenvalue weighted by Gasteiger charge is 2.06. The first-order valence-electron chi connectivity index (χ1n) is 3.29. The van der Waals surface area contributed by atoms with Crippen molar-refractivity contribution in [3.8, 4) is 11.8 Å². The Bertz CT molecular complexity index is 344. The third-order valence-corrected chi connectivity index (χ3v) is 2.38. The molecule has 0 aliphatic rings. The number of halogens is 1. The number of phenols is 1.